The van der Waals surface area contributed by atoms with Gasteiger partial charge in [-0.15, -0.1) is 0 Å². The molecule has 9 heteroatoms. The van der Waals surface area contributed by atoms with Crippen molar-refractivity contribution < 1.29 is 28.7 Å². The van der Waals surface area contributed by atoms with Gasteiger partial charge in [-0.3, -0.25) is 9.59 Å². The molecule has 4 aromatic carbocycles. The van der Waals surface area contributed by atoms with Crippen LogP contribution in [0.15, 0.2) is 114 Å². The molecule has 204 valence electrons. The zero-order valence-corrected chi connectivity index (χ0v) is 22.6. The van der Waals surface area contributed by atoms with Crippen molar-refractivity contribution in [3.05, 3.63) is 136 Å². The van der Waals surface area contributed by atoms with Crippen LogP contribution in [-0.4, -0.2) is 23.8 Å². The number of esters is 2. The van der Waals surface area contributed by atoms with Crippen LogP contribution in [0.3, 0.4) is 0 Å². The van der Waals surface area contributed by atoms with Crippen molar-refractivity contribution in [1.82, 2.24) is 0 Å². The second kappa shape index (κ2) is 11.9. The Morgan fingerprint density at radius 1 is 0.756 bits per heavy atom. The average molecular weight is 567 g/mol. The number of rotatable bonds is 8. The summed E-state index contributed by atoms with van der Waals surface area (Å²) in [6.07, 6.45) is 0. The molecule has 2 amide bonds. The predicted molar refractivity (Wildman–Crippen MR) is 154 cm³/mol. The lowest BCUT2D eigenvalue weighted by Crippen LogP contribution is -2.32. The number of hydrogen-bond donors (Lipinski definition) is 1. The largest absolute Gasteiger partial charge is 0.457 e. The Morgan fingerprint density at radius 3 is 2.02 bits per heavy atom. The monoisotopic (exact) mass is 566 g/mol. The number of nitrogens with one attached hydrogen (secondary N) is 1. The molecule has 41 heavy (non-hydrogen) atoms. The SMILES string of the molecule is Cc1ccc(N2C(=O)C(Cl)=C(Nc3ccc(C(=O)Oc4ccc(C(=O)OCc5ccccc5)cc4)cc3)C2=O)cc1. The summed E-state index contributed by atoms with van der Waals surface area (Å²) < 4.78 is 10.7. The average Bonchev–Trinajstić information content (AvgIpc) is 3.20. The minimum Gasteiger partial charge on any atom is -0.457 e. The molecule has 0 bridgehead atoms. The first kappa shape index (κ1) is 27.4. The highest BCUT2D eigenvalue weighted by Gasteiger charge is 2.38. The zero-order chi connectivity index (χ0) is 28.9. The van der Waals surface area contributed by atoms with Crippen LogP contribution in [-0.2, 0) is 20.9 Å². The summed E-state index contributed by atoms with van der Waals surface area (Å²) in [5.41, 5.74) is 3.23. The van der Waals surface area contributed by atoms with Gasteiger partial charge < -0.3 is 14.8 Å². The number of hydrogen-bond acceptors (Lipinski definition) is 7. The summed E-state index contributed by atoms with van der Waals surface area (Å²) in [5, 5.41) is 2.64. The Hall–Kier alpha value is -5.21. The van der Waals surface area contributed by atoms with Gasteiger partial charge in [0.1, 0.15) is 23.1 Å². The number of aryl methyl sites for hydroxylation is 1. The van der Waals surface area contributed by atoms with Crippen molar-refractivity contribution in [2.75, 3.05) is 10.2 Å². The number of carbonyl (C=O) groups excluding carboxylic acids is 4. The van der Waals surface area contributed by atoms with E-state index >= 15 is 0 Å². The molecule has 0 unspecified atom stereocenters. The molecule has 0 aliphatic carbocycles. The van der Waals surface area contributed by atoms with Crippen molar-refractivity contribution in [2.24, 2.45) is 0 Å². The second-order valence-electron chi connectivity index (χ2n) is 9.15. The standard InChI is InChI=1S/C32H23ClN2O6/c1-20-7-15-25(16-8-20)35-29(36)27(33)28(30(35)37)34-24-13-9-23(10-14-24)32(39)41-26-17-11-22(12-18-26)31(38)40-19-21-5-3-2-4-6-21/h2-18,34H,19H2,1H3. The van der Waals surface area contributed by atoms with Crippen molar-refractivity contribution in [3.63, 3.8) is 0 Å². The molecule has 0 atom stereocenters. The highest BCUT2D eigenvalue weighted by atomic mass is 35.5. The predicted octanol–water partition coefficient (Wildman–Crippen LogP) is 6.01. The van der Waals surface area contributed by atoms with E-state index in [4.69, 9.17) is 21.1 Å². The molecule has 0 radical (unpaired) electrons. The van der Waals surface area contributed by atoms with Crippen LogP contribution in [0.4, 0.5) is 11.4 Å². The molecule has 1 aliphatic heterocycles. The zero-order valence-electron chi connectivity index (χ0n) is 21.8. The van der Waals surface area contributed by atoms with Crippen LogP contribution in [0.1, 0.15) is 31.8 Å². The van der Waals surface area contributed by atoms with E-state index < -0.39 is 23.8 Å². The minimum atomic E-state index is -0.626. The number of anilines is 2. The third kappa shape index (κ3) is 6.18. The topological polar surface area (TPSA) is 102 Å². The highest BCUT2D eigenvalue weighted by Crippen LogP contribution is 2.30. The first-order valence-corrected chi connectivity index (χ1v) is 12.9. The summed E-state index contributed by atoms with van der Waals surface area (Å²) in [4.78, 5) is 51.6. The van der Waals surface area contributed by atoms with E-state index in [1.165, 1.54) is 36.4 Å². The number of halogens is 1. The molecule has 0 fully saturated rings. The number of ether oxygens (including phenoxy) is 2. The number of nitrogens with zero attached hydrogens (tertiary/aromatic N) is 1. The summed E-state index contributed by atoms with van der Waals surface area (Å²) >= 11 is 6.20. The summed E-state index contributed by atoms with van der Waals surface area (Å²) in [7, 11) is 0. The molecular weight excluding hydrogens is 544 g/mol. The number of benzene rings is 4. The maximum Gasteiger partial charge on any atom is 0.343 e. The molecule has 5 rings (SSSR count). The maximum atomic E-state index is 13.0. The fraction of sp³-hybridized carbons (Fsp3) is 0.0625. The molecular formula is C32H23ClN2O6. The second-order valence-corrected chi connectivity index (χ2v) is 9.53. The normalized spacial score (nSPS) is 12.9. The van der Waals surface area contributed by atoms with Gasteiger partial charge >= 0.3 is 11.9 Å². The van der Waals surface area contributed by atoms with Gasteiger partial charge in [-0.2, -0.15) is 0 Å². The van der Waals surface area contributed by atoms with Gasteiger partial charge in [0.15, 0.2) is 0 Å². The van der Waals surface area contributed by atoms with E-state index in [2.05, 4.69) is 5.32 Å². The Morgan fingerprint density at radius 2 is 1.37 bits per heavy atom. The summed E-state index contributed by atoms with van der Waals surface area (Å²) in [5.74, 6) is -2.07. The van der Waals surface area contributed by atoms with Crippen LogP contribution in [0, 0.1) is 6.92 Å². The van der Waals surface area contributed by atoms with Crippen molar-refractivity contribution >= 4 is 46.7 Å². The van der Waals surface area contributed by atoms with Crippen LogP contribution in [0.25, 0.3) is 0 Å². The van der Waals surface area contributed by atoms with Crippen LogP contribution in [0.2, 0.25) is 0 Å². The quantitative estimate of drug-likeness (QED) is 0.158. The maximum absolute atomic E-state index is 13.0. The molecule has 1 heterocycles. The minimum absolute atomic E-state index is 0.0602. The van der Waals surface area contributed by atoms with Gasteiger partial charge in [-0.25, -0.2) is 14.5 Å². The Balaban J connectivity index is 1.18. The first-order valence-electron chi connectivity index (χ1n) is 12.6. The van der Waals surface area contributed by atoms with Crippen LogP contribution < -0.4 is 15.0 Å². The van der Waals surface area contributed by atoms with E-state index in [1.54, 1.807) is 36.4 Å². The number of amides is 2. The fourth-order valence-electron chi connectivity index (χ4n) is 4.01. The van der Waals surface area contributed by atoms with E-state index in [1.807, 2.05) is 37.3 Å². The van der Waals surface area contributed by atoms with Gasteiger partial charge in [0.05, 0.1) is 16.8 Å². The Bertz CT molecular complexity index is 1650. The molecule has 4 aromatic rings. The van der Waals surface area contributed by atoms with Gasteiger partial charge in [0.25, 0.3) is 11.8 Å². The van der Waals surface area contributed by atoms with Gasteiger partial charge in [-0.05, 0) is 73.2 Å². The van der Waals surface area contributed by atoms with Crippen LogP contribution >= 0.6 is 11.6 Å². The van der Waals surface area contributed by atoms with E-state index in [9.17, 15) is 19.2 Å². The molecule has 8 nitrogen and oxygen atoms in total. The van der Waals surface area contributed by atoms with E-state index in [-0.39, 0.29) is 28.6 Å². The van der Waals surface area contributed by atoms with E-state index in [0.717, 1.165) is 16.0 Å². The van der Waals surface area contributed by atoms with Gasteiger partial charge in [0.2, 0.25) is 0 Å². The van der Waals surface area contributed by atoms with Crippen LogP contribution in [0.5, 0.6) is 5.75 Å². The first-order chi connectivity index (χ1) is 19.8. The molecule has 0 spiro atoms. The molecule has 0 aromatic heterocycles. The number of imide groups is 1. The lowest BCUT2D eigenvalue weighted by Gasteiger charge is -2.15. The van der Waals surface area contributed by atoms with Crippen molar-refractivity contribution in [2.45, 2.75) is 13.5 Å². The molecule has 0 saturated heterocycles. The summed E-state index contributed by atoms with van der Waals surface area (Å²) in [6.45, 7) is 2.05. The lowest BCUT2D eigenvalue weighted by molar-refractivity contribution is -0.120. The highest BCUT2D eigenvalue weighted by molar-refractivity contribution is 6.53. The molecule has 1 N–H and O–H groups in total. The van der Waals surface area contributed by atoms with E-state index in [0.29, 0.717) is 16.9 Å². The Kier molecular flexibility index (Phi) is 7.94. The third-order valence-electron chi connectivity index (χ3n) is 6.22. The number of carbonyl (C=O) groups is 4. The molecule has 0 saturated carbocycles. The van der Waals surface area contributed by atoms with Gasteiger partial charge in [-0.1, -0.05) is 59.6 Å². The molecule has 1 aliphatic rings. The summed E-state index contributed by atoms with van der Waals surface area (Å²) in [6, 6.07) is 28.4. The lowest BCUT2D eigenvalue weighted by atomic mass is 10.2. The van der Waals surface area contributed by atoms with Crippen molar-refractivity contribution in [1.29, 1.82) is 0 Å². The smallest absolute Gasteiger partial charge is 0.343 e. The van der Waals surface area contributed by atoms with Gasteiger partial charge in [0, 0.05) is 5.69 Å². The van der Waals surface area contributed by atoms with Crippen molar-refractivity contribution in [3.8, 4) is 5.75 Å². The third-order valence-corrected chi connectivity index (χ3v) is 6.57. The Labute approximate surface area is 240 Å². The fourth-order valence-corrected chi connectivity index (χ4v) is 4.22.